The van der Waals surface area contributed by atoms with Gasteiger partial charge in [0.1, 0.15) is 5.75 Å². The fourth-order valence-corrected chi connectivity index (χ4v) is 4.22. The van der Waals surface area contributed by atoms with Crippen LogP contribution in [-0.4, -0.2) is 39.2 Å². The molecule has 4 heterocycles. The Hall–Kier alpha value is -1.91. The van der Waals surface area contributed by atoms with E-state index in [1.54, 1.807) is 24.4 Å². The van der Waals surface area contributed by atoms with Crippen LogP contribution in [0.3, 0.4) is 0 Å². The topological polar surface area (TPSA) is 56.6 Å². The van der Waals surface area contributed by atoms with Crippen molar-refractivity contribution in [3.63, 3.8) is 0 Å². The lowest BCUT2D eigenvalue weighted by Crippen LogP contribution is -2.52. The number of benzene rings is 1. The number of aliphatic hydroxyl groups is 1. The van der Waals surface area contributed by atoms with E-state index >= 15 is 0 Å². The summed E-state index contributed by atoms with van der Waals surface area (Å²) in [4.78, 5) is 6.74. The van der Waals surface area contributed by atoms with Crippen molar-refractivity contribution in [1.29, 1.82) is 0 Å². The summed E-state index contributed by atoms with van der Waals surface area (Å²) in [6.07, 6.45) is 5.62. The molecule has 4 heteroatoms. The van der Waals surface area contributed by atoms with Crippen LogP contribution in [0.5, 0.6) is 5.75 Å². The Labute approximate surface area is 136 Å². The van der Waals surface area contributed by atoms with Crippen molar-refractivity contribution >= 4 is 10.9 Å². The third kappa shape index (κ3) is 2.42. The normalized spacial score (nSPS) is 30.0. The smallest absolute Gasteiger partial charge is 0.116 e. The Balaban J connectivity index is 1.70. The van der Waals surface area contributed by atoms with Crippen molar-refractivity contribution in [2.75, 3.05) is 13.1 Å². The molecule has 2 N–H and O–H groups in total. The maximum Gasteiger partial charge on any atom is 0.116 e. The first kappa shape index (κ1) is 14.7. The number of hydrogen-bond acceptors (Lipinski definition) is 4. The minimum absolute atomic E-state index is 0.144. The minimum atomic E-state index is -0.552. The molecule has 3 saturated heterocycles. The number of rotatable bonds is 2. The summed E-state index contributed by atoms with van der Waals surface area (Å²) in [5, 5.41) is 21.7. The van der Waals surface area contributed by atoms with E-state index in [0.29, 0.717) is 5.92 Å². The Morgan fingerprint density at radius 2 is 2.22 bits per heavy atom. The van der Waals surface area contributed by atoms with E-state index in [-0.39, 0.29) is 11.8 Å². The Kier molecular flexibility index (Phi) is 3.58. The number of phenols is 1. The van der Waals surface area contributed by atoms with Crippen LogP contribution in [0.15, 0.2) is 42.1 Å². The number of aromatic nitrogens is 1. The van der Waals surface area contributed by atoms with Crippen LogP contribution >= 0.6 is 0 Å². The van der Waals surface area contributed by atoms with Crippen LogP contribution in [0, 0.1) is 5.92 Å². The molecule has 4 atom stereocenters. The maximum absolute atomic E-state index is 11.0. The van der Waals surface area contributed by atoms with Gasteiger partial charge in [-0.1, -0.05) is 11.6 Å². The van der Waals surface area contributed by atoms with Crippen LogP contribution in [0.25, 0.3) is 10.9 Å². The number of fused-ring (bicyclic) bond motifs is 4. The lowest BCUT2D eigenvalue weighted by atomic mass is 9.76. The lowest BCUT2D eigenvalue weighted by molar-refractivity contribution is -0.00340. The van der Waals surface area contributed by atoms with Gasteiger partial charge < -0.3 is 10.2 Å². The zero-order chi connectivity index (χ0) is 16.0. The van der Waals surface area contributed by atoms with Crippen molar-refractivity contribution in [3.8, 4) is 5.75 Å². The molecule has 5 rings (SSSR count). The molecule has 23 heavy (non-hydrogen) atoms. The number of nitrogens with zero attached hydrogens (tertiary/aromatic N) is 2. The number of phenolic OH excluding ortho intramolecular Hbond substituents is 1. The molecule has 1 unspecified atom stereocenters. The van der Waals surface area contributed by atoms with Crippen molar-refractivity contribution in [2.24, 2.45) is 5.92 Å². The largest absolute Gasteiger partial charge is 0.508 e. The van der Waals surface area contributed by atoms with Gasteiger partial charge in [0.15, 0.2) is 0 Å². The second kappa shape index (κ2) is 5.62. The SMILES string of the molecule is C/C=C1\CN2CC[C@@H]1C[C@@H]2[C@@H](O)c1ccnc2ccc(O)cc12. The van der Waals surface area contributed by atoms with Crippen molar-refractivity contribution in [3.05, 3.63) is 47.7 Å². The van der Waals surface area contributed by atoms with Crippen molar-refractivity contribution in [1.82, 2.24) is 9.88 Å². The summed E-state index contributed by atoms with van der Waals surface area (Å²) in [6.45, 7) is 4.14. The molecule has 2 bridgehead atoms. The van der Waals surface area contributed by atoms with Gasteiger partial charge in [-0.3, -0.25) is 9.88 Å². The van der Waals surface area contributed by atoms with Gasteiger partial charge in [-0.05, 0) is 62.1 Å². The van der Waals surface area contributed by atoms with Crippen LogP contribution in [0.4, 0.5) is 0 Å². The molecule has 3 fully saturated rings. The summed E-state index contributed by atoms with van der Waals surface area (Å²) < 4.78 is 0. The first-order valence-electron chi connectivity index (χ1n) is 8.32. The van der Waals surface area contributed by atoms with Crippen LogP contribution in [0.2, 0.25) is 0 Å². The molecule has 0 radical (unpaired) electrons. The highest BCUT2D eigenvalue weighted by Gasteiger charge is 2.40. The first-order valence-corrected chi connectivity index (χ1v) is 8.32. The van der Waals surface area contributed by atoms with Gasteiger partial charge in [0, 0.05) is 24.2 Å². The molecule has 0 amide bonds. The zero-order valence-corrected chi connectivity index (χ0v) is 13.3. The van der Waals surface area contributed by atoms with E-state index < -0.39 is 6.10 Å². The predicted octanol–water partition coefficient (Wildman–Crippen LogP) is 3.01. The highest BCUT2D eigenvalue weighted by molar-refractivity contribution is 5.83. The third-order valence-electron chi connectivity index (χ3n) is 5.48. The monoisotopic (exact) mass is 310 g/mol. The number of aliphatic hydroxyl groups excluding tert-OH is 1. The van der Waals surface area contributed by atoms with Gasteiger partial charge in [0.05, 0.1) is 11.6 Å². The van der Waals surface area contributed by atoms with E-state index in [1.165, 1.54) is 12.0 Å². The van der Waals surface area contributed by atoms with E-state index in [2.05, 4.69) is 22.9 Å². The highest BCUT2D eigenvalue weighted by Crippen LogP contribution is 2.41. The lowest BCUT2D eigenvalue weighted by Gasteiger charge is -2.48. The number of pyridine rings is 1. The highest BCUT2D eigenvalue weighted by atomic mass is 16.3. The summed E-state index contributed by atoms with van der Waals surface area (Å²) in [6, 6.07) is 7.16. The predicted molar refractivity (Wildman–Crippen MR) is 90.2 cm³/mol. The molecule has 4 nitrogen and oxygen atoms in total. The van der Waals surface area contributed by atoms with Gasteiger partial charge in [-0.2, -0.15) is 0 Å². The summed E-state index contributed by atoms with van der Waals surface area (Å²) in [5.74, 6) is 0.812. The molecule has 1 aromatic carbocycles. The average Bonchev–Trinajstić information content (AvgIpc) is 2.60. The number of piperidine rings is 3. The molecule has 0 spiro atoms. The third-order valence-corrected chi connectivity index (χ3v) is 5.48. The van der Waals surface area contributed by atoms with E-state index in [0.717, 1.165) is 36.0 Å². The molecular weight excluding hydrogens is 288 g/mol. The van der Waals surface area contributed by atoms with Gasteiger partial charge in [0.25, 0.3) is 0 Å². The molecule has 1 aromatic heterocycles. The van der Waals surface area contributed by atoms with E-state index in [4.69, 9.17) is 0 Å². The van der Waals surface area contributed by atoms with Crippen molar-refractivity contribution < 1.29 is 10.2 Å². The second-order valence-corrected chi connectivity index (χ2v) is 6.67. The molecule has 0 aliphatic carbocycles. The molecule has 120 valence electrons. The zero-order valence-electron chi connectivity index (χ0n) is 13.3. The summed E-state index contributed by atoms with van der Waals surface area (Å²) >= 11 is 0. The molecule has 3 aliphatic rings. The van der Waals surface area contributed by atoms with Crippen LogP contribution < -0.4 is 0 Å². The minimum Gasteiger partial charge on any atom is -0.508 e. The van der Waals surface area contributed by atoms with Gasteiger partial charge in [-0.25, -0.2) is 0 Å². The Bertz CT molecular complexity index is 771. The van der Waals surface area contributed by atoms with E-state index in [1.807, 2.05) is 6.07 Å². The van der Waals surface area contributed by atoms with Gasteiger partial charge >= 0.3 is 0 Å². The quantitative estimate of drug-likeness (QED) is 0.837. The number of aromatic hydroxyl groups is 1. The molecule has 2 aromatic rings. The summed E-state index contributed by atoms with van der Waals surface area (Å²) in [5.41, 5.74) is 3.19. The Morgan fingerprint density at radius 1 is 1.35 bits per heavy atom. The number of hydrogen-bond donors (Lipinski definition) is 2. The van der Waals surface area contributed by atoms with Gasteiger partial charge in [0.2, 0.25) is 0 Å². The molecular formula is C19H22N2O2. The fourth-order valence-electron chi connectivity index (χ4n) is 4.22. The van der Waals surface area contributed by atoms with Crippen molar-refractivity contribution in [2.45, 2.75) is 31.9 Å². The van der Waals surface area contributed by atoms with Crippen LogP contribution in [0.1, 0.15) is 31.4 Å². The number of allylic oxidation sites excluding steroid dienone is 1. The molecule has 0 saturated carbocycles. The Morgan fingerprint density at radius 3 is 2.96 bits per heavy atom. The summed E-state index contributed by atoms with van der Waals surface area (Å²) in [7, 11) is 0. The van der Waals surface area contributed by atoms with Crippen LogP contribution in [-0.2, 0) is 0 Å². The first-order chi connectivity index (χ1) is 11.2. The average molecular weight is 310 g/mol. The fraction of sp³-hybridized carbons (Fsp3) is 0.421. The van der Waals surface area contributed by atoms with E-state index in [9.17, 15) is 10.2 Å². The van der Waals surface area contributed by atoms with Gasteiger partial charge in [-0.15, -0.1) is 0 Å². The maximum atomic E-state index is 11.0. The second-order valence-electron chi connectivity index (χ2n) is 6.67. The standard InChI is InChI=1S/C19H22N2O2/c1-2-12-11-21-8-6-13(12)9-18(21)19(23)15-5-7-20-17-4-3-14(22)10-16(15)17/h2-5,7,10,13,18-19,22-23H,6,8-9,11H2,1H3/b12-2+/t13-,18-,19+/m1/s1. The molecule has 3 aliphatic heterocycles.